The second-order valence-electron chi connectivity index (χ2n) is 5.20. The van der Waals surface area contributed by atoms with Gasteiger partial charge in [-0.15, -0.1) is 0 Å². The zero-order valence-electron chi connectivity index (χ0n) is 13.3. The number of carbonyl (C=O) groups excluding carboxylic acids is 3. The van der Waals surface area contributed by atoms with E-state index in [1.807, 2.05) is 13.8 Å². The number of amides is 4. The van der Waals surface area contributed by atoms with Crippen molar-refractivity contribution in [3.63, 3.8) is 0 Å². The van der Waals surface area contributed by atoms with Crippen molar-refractivity contribution in [2.75, 3.05) is 5.32 Å². The molecule has 5 N–H and O–H groups in total. The van der Waals surface area contributed by atoms with Gasteiger partial charge in [-0.05, 0) is 38.5 Å². The minimum absolute atomic E-state index is 0.00466. The van der Waals surface area contributed by atoms with Crippen LogP contribution in [-0.2, 0) is 4.79 Å². The molecule has 0 fully saturated rings. The van der Waals surface area contributed by atoms with Crippen molar-refractivity contribution in [3.8, 4) is 0 Å². The molecule has 7 nitrogen and oxygen atoms in total. The van der Waals surface area contributed by atoms with Gasteiger partial charge in [-0.25, -0.2) is 9.18 Å². The van der Waals surface area contributed by atoms with Crippen LogP contribution in [-0.4, -0.2) is 29.9 Å². The lowest BCUT2D eigenvalue weighted by Gasteiger charge is -2.17. The zero-order valence-corrected chi connectivity index (χ0v) is 13.3. The fourth-order valence-corrected chi connectivity index (χ4v) is 1.69. The van der Waals surface area contributed by atoms with Crippen molar-refractivity contribution in [2.24, 2.45) is 5.73 Å². The van der Waals surface area contributed by atoms with Gasteiger partial charge in [0.25, 0.3) is 5.91 Å². The lowest BCUT2D eigenvalue weighted by atomic mass is 10.2. The molecular formula is C15H21FN4O3. The maximum Gasteiger partial charge on any atom is 0.319 e. The van der Waals surface area contributed by atoms with Crippen LogP contribution < -0.4 is 21.7 Å². The normalized spacial score (nSPS) is 12.9. The van der Waals surface area contributed by atoms with Crippen LogP contribution in [0.3, 0.4) is 0 Å². The Labute approximate surface area is 133 Å². The Morgan fingerprint density at radius 2 is 1.87 bits per heavy atom. The standard InChI is InChI=1S/C15H21FN4O3/c1-4-8(2)18-14(22)9(3)19-15(23)20-10-5-6-12(16)11(7-10)13(17)21/h5-9H,4H2,1-3H3,(H2,17,21)(H,18,22)(H2,19,20,23)/t8-,9-/m0/s1. The molecule has 126 valence electrons. The van der Waals surface area contributed by atoms with Gasteiger partial charge >= 0.3 is 6.03 Å². The Morgan fingerprint density at radius 3 is 2.43 bits per heavy atom. The van der Waals surface area contributed by atoms with E-state index in [0.29, 0.717) is 0 Å². The molecule has 1 aromatic carbocycles. The molecule has 0 saturated heterocycles. The summed E-state index contributed by atoms with van der Waals surface area (Å²) >= 11 is 0. The molecule has 0 heterocycles. The monoisotopic (exact) mass is 324 g/mol. The molecule has 0 radical (unpaired) electrons. The van der Waals surface area contributed by atoms with Crippen LogP contribution in [0.5, 0.6) is 0 Å². The third-order valence-corrected chi connectivity index (χ3v) is 3.23. The highest BCUT2D eigenvalue weighted by Crippen LogP contribution is 2.14. The number of carbonyl (C=O) groups is 3. The number of nitrogens with two attached hydrogens (primary N) is 1. The number of hydrogen-bond acceptors (Lipinski definition) is 3. The van der Waals surface area contributed by atoms with Crippen molar-refractivity contribution in [1.29, 1.82) is 0 Å². The Balaban J connectivity index is 2.65. The molecule has 4 amide bonds. The number of nitrogens with one attached hydrogen (secondary N) is 3. The van der Waals surface area contributed by atoms with Gasteiger partial charge in [0.05, 0.1) is 5.56 Å². The molecule has 8 heteroatoms. The smallest absolute Gasteiger partial charge is 0.319 e. The van der Waals surface area contributed by atoms with Gasteiger partial charge in [0, 0.05) is 11.7 Å². The first-order valence-electron chi connectivity index (χ1n) is 7.21. The van der Waals surface area contributed by atoms with Gasteiger partial charge in [-0.1, -0.05) is 6.92 Å². The first-order valence-corrected chi connectivity index (χ1v) is 7.21. The summed E-state index contributed by atoms with van der Waals surface area (Å²) in [5, 5.41) is 7.60. The largest absolute Gasteiger partial charge is 0.366 e. The highest BCUT2D eigenvalue weighted by atomic mass is 19.1. The fraction of sp³-hybridized carbons (Fsp3) is 0.400. The van der Waals surface area contributed by atoms with E-state index in [4.69, 9.17) is 5.73 Å². The predicted octanol–water partition coefficient (Wildman–Crippen LogP) is 1.35. The van der Waals surface area contributed by atoms with Gasteiger partial charge in [0.15, 0.2) is 0 Å². The van der Waals surface area contributed by atoms with E-state index < -0.39 is 23.8 Å². The molecule has 0 bridgehead atoms. The Bertz CT molecular complexity index is 606. The van der Waals surface area contributed by atoms with Gasteiger partial charge in [0.2, 0.25) is 5.91 Å². The van der Waals surface area contributed by atoms with E-state index in [0.717, 1.165) is 18.6 Å². The Morgan fingerprint density at radius 1 is 1.22 bits per heavy atom. The van der Waals surface area contributed by atoms with Crippen molar-refractivity contribution in [3.05, 3.63) is 29.6 Å². The molecule has 23 heavy (non-hydrogen) atoms. The highest BCUT2D eigenvalue weighted by Gasteiger charge is 2.17. The summed E-state index contributed by atoms with van der Waals surface area (Å²) in [4.78, 5) is 34.7. The quantitative estimate of drug-likeness (QED) is 0.633. The van der Waals surface area contributed by atoms with E-state index in [1.165, 1.54) is 13.0 Å². The van der Waals surface area contributed by atoms with Crippen LogP contribution >= 0.6 is 0 Å². The number of rotatable bonds is 6. The summed E-state index contributed by atoms with van der Waals surface area (Å²) in [6, 6.07) is 2.03. The van der Waals surface area contributed by atoms with E-state index >= 15 is 0 Å². The van der Waals surface area contributed by atoms with Crippen LogP contribution in [0.1, 0.15) is 37.6 Å². The molecule has 0 saturated carbocycles. The van der Waals surface area contributed by atoms with Crippen molar-refractivity contribution >= 4 is 23.5 Å². The molecule has 0 aliphatic rings. The SMILES string of the molecule is CC[C@H](C)NC(=O)[C@H](C)NC(=O)Nc1ccc(F)c(C(N)=O)c1. The van der Waals surface area contributed by atoms with Crippen LogP contribution in [0.25, 0.3) is 0 Å². The average molecular weight is 324 g/mol. The van der Waals surface area contributed by atoms with Gasteiger partial charge in [0.1, 0.15) is 11.9 Å². The minimum Gasteiger partial charge on any atom is -0.366 e. The van der Waals surface area contributed by atoms with E-state index in [-0.39, 0.29) is 23.2 Å². The van der Waals surface area contributed by atoms with Crippen LogP contribution in [0.4, 0.5) is 14.9 Å². The second kappa shape index (κ2) is 8.11. The third kappa shape index (κ3) is 5.57. The summed E-state index contributed by atoms with van der Waals surface area (Å²) < 4.78 is 13.3. The Kier molecular flexibility index (Phi) is 6.49. The van der Waals surface area contributed by atoms with Crippen LogP contribution in [0.2, 0.25) is 0 Å². The topological polar surface area (TPSA) is 113 Å². The maximum absolute atomic E-state index is 13.3. The van der Waals surface area contributed by atoms with E-state index in [1.54, 1.807) is 0 Å². The molecule has 1 rings (SSSR count). The van der Waals surface area contributed by atoms with Gasteiger partial charge in [-0.2, -0.15) is 0 Å². The van der Waals surface area contributed by atoms with Gasteiger partial charge < -0.3 is 21.7 Å². The van der Waals surface area contributed by atoms with E-state index in [9.17, 15) is 18.8 Å². The molecular weight excluding hydrogens is 303 g/mol. The minimum atomic E-state index is -0.937. The number of hydrogen-bond donors (Lipinski definition) is 4. The summed E-state index contributed by atoms with van der Waals surface area (Å²) in [7, 11) is 0. The van der Waals surface area contributed by atoms with Crippen molar-refractivity contribution in [2.45, 2.75) is 39.3 Å². The lowest BCUT2D eigenvalue weighted by molar-refractivity contribution is -0.123. The molecule has 0 aliphatic carbocycles. The predicted molar refractivity (Wildman–Crippen MR) is 84.4 cm³/mol. The zero-order chi connectivity index (χ0) is 17.6. The maximum atomic E-state index is 13.3. The lowest BCUT2D eigenvalue weighted by Crippen LogP contribution is -2.48. The summed E-state index contributed by atoms with van der Waals surface area (Å²) in [5.41, 5.74) is 4.89. The summed E-state index contributed by atoms with van der Waals surface area (Å²) in [6.45, 7) is 5.33. The Hall–Kier alpha value is -2.64. The average Bonchev–Trinajstić information content (AvgIpc) is 2.48. The van der Waals surface area contributed by atoms with Crippen LogP contribution in [0, 0.1) is 5.82 Å². The number of halogens is 1. The number of anilines is 1. The first-order chi connectivity index (χ1) is 10.7. The molecule has 0 spiro atoms. The second-order valence-corrected chi connectivity index (χ2v) is 5.20. The van der Waals surface area contributed by atoms with Crippen LogP contribution in [0.15, 0.2) is 18.2 Å². The first kappa shape index (κ1) is 18.4. The number of primary amides is 1. The molecule has 0 aromatic heterocycles. The molecule has 2 atom stereocenters. The van der Waals surface area contributed by atoms with E-state index in [2.05, 4.69) is 16.0 Å². The van der Waals surface area contributed by atoms with Crippen molar-refractivity contribution in [1.82, 2.24) is 10.6 Å². The highest BCUT2D eigenvalue weighted by molar-refractivity contribution is 5.97. The molecule has 0 unspecified atom stereocenters. The number of benzene rings is 1. The molecule has 1 aromatic rings. The molecule has 0 aliphatic heterocycles. The van der Waals surface area contributed by atoms with Crippen molar-refractivity contribution < 1.29 is 18.8 Å². The number of urea groups is 1. The summed E-state index contributed by atoms with van der Waals surface area (Å²) in [5.74, 6) is -2.02. The van der Waals surface area contributed by atoms with Gasteiger partial charge in [-0.3, -0.25) is 9.59 Å². The summed E-state index contributed by atoms with van der Waals surface area (Å²) in [6.07, 6.45) is 0.774. The fourth-order valence-electron chi connectivity index (χ4n) is 1.69. The third-order valence-electron chi connectivity index (χ3n) is 3.23.